The summed E-state index contributed by atoms with van der Waals surface area (Å²) in [7, 11) is 0. The second kappa shape index (κ2) is 8.56. The normalized spacial score (nSPS) is 13.8. The molecule has 3 aromatic carbocycles. The average molecular weight is 389 g/mol. The Hall–Kier alpha value is -3.67. The Labute approximate surface area is 170 Å². The number of carbonyl (C=O) groups is 1. The molecule has 1 aliphatic heterocycles. The van der Waals surface area contributed by atoms with Gasteiger partial charge in [0, 0.05) is 31.9 Å². The Bertz CT molecular complexity index is 953. The number of hydrogen-bond donors (Lipinski definition) is 2. The first kappa shape index (κ1) is 18.7. The molecule has 0 aromatic heterocycles. The number of urea groups is 1. The molecule has 1 saturated heterocycles. The van der Waals surface area contributed by atoms with Crippen LogP contribution in [-0.2, 0) is 0 Å². The summed E-state index contributed by atoms with van der Waals surface area (Å²) in [5.74, 6) is 1.75. The maximum Gasteiger partial charge on any atom is 0.321 e. The molecule has 0 saturated carbocycles. The molecule has 3 aromatic rings. The molecular formula is C23H23N3O3. The smallest absolute Gasteiger partial charge is 0.321 e. The summed E-state index contributed by atoms with van der Waals surface area (Å²) in [5.41, 5.74) is 1.53. The molecule has 0 radical (unpaired) electrons. The molecule has 0 aliphatic carbocycles. The number of anilines is 2. The summed E-state index contributed by atoms with van der Waals surface area (Å²) in [5, 5.41) is 12.9. The lowest BCUT2D eigenvalue weighted by atomic mass is 10.2. The van der Waals surface area contributed by atoms with Crippen LogP contribution < -0.4 is 15.0 Å². The highest BCUT2D eigenvalue weighted by molar-refractivity contribution is 5.89. The van der Waals surface area contributed by atoms with Crippen molar-refractivity contribution in [3.63, 3.8) is 0 Å². The van der Waals surface area contributed by atoms with E-state index in [4.69, 9.17) is 4.74 Å². The summed E-state index contributed by atoms with van der Waals surface area (Å²) >= 11 is 0. The Morgan fingerprint density at radius 1 is 0.793 bits per heavy atom. The van der Waals surface area contributed by atoms with E-state index in [2.05, 4.69) is 10.2 Å². The van der Waals surface area contributed by atoms with Crippen LogP contribution in [0.1, 0.15) is 0 Å². The number of benzene rings is 3. The Balaban J connectivity index is 1.30. The highest BCUT2D eigenvalue weighted by Gasteiger charge is 2.22. The average Bonchev–Trinajstić information content (AvgIpc) is 2.76. The van der Waals surface area contributed by atoms with Crippen molar-refractivity contribution < 1.29 is 14.6 Å². The largest absolute Gasteiger partial charge is 0.506 e. The predicted octanol–water partition coefficient (Wildman–Crippen LogP) is 4.54. The van der Waals surface area contributed by atoms with Crippen LogP contribution in [0.15, 0.2) is 78.9 Å². The van der Waals surface area contributed by atoms with Crippen LogP contribution in [0.5, 0.6) is 17.2 Å². The molecule has 0 spiro atoms. The van der Waals surface area contributed by atoms with Crippen molar-refractivity contribution >= 4 is 17.4 Å². The third-order valence-electron chi connectivity index (χ3n) is 4.87. The molecule has 1 fully saturated rings. The number of hydrogen-bond acceptors (Lipinski definition) is 4. The molecule has 2 N–H and O–H groups in total. The lowest BCUT2D eigenvalue weighted by molar-refractivity contribution is 0.208. The van der Waals surface area contributed by atoms with Gasteiger partial charge in [-0.05, 0) is 48.5 Å². The summed E-state index contributed by atoms with van der Waals surface area (Å²) < 4.78 is 5.77. The van der Waals surface area contributed by atoms with Crippen LogP contribution in [0.25, 0.3) is 0 Å². The fourth-order valence-corrected chi connectivity index (χ4v) is 3.32. The van der Waals surface area contributed by atoms with E-state index in [0.29, 0.717) is 31.9 Å². The van der Waals surface area contributed by atoms with E-state index in [1.54, 1.807) is 17.0 Å². The van der Waals surface area contributed by atoms with E-state index in [0.717, 1.165) is 17.1 Å². The summed E-state index contributed by atoms with van der Waals surface area (Å²) in [6.45, 7) is 2.54. The van der Waals surface area contributed by atoms with E-state index >= 15 is 0 Å². The third kappa shape index (κ3) is 4.60. The fourth-order valence-electron chi connectivity index (χ4n) is 3.32. The maximum absolute atomic E-state index is 12.6. The van der Waals surface area contributed by atoms with Gasteiger partial charge in [0.1, 0.15) is 17.2 Å². The van der Waals surface area contributed by atoms with E-state index in [-0.39, 0.29) is 11.8 Å². The Morgan fingerprint density at radius 2 is 1.41 bits per heavy atom. The number of nitrogens with one attached hydrogen (secondary N) is 1. The van der Waals surface area contributed by atoms with Crippen LogP contribution in [-0.4, -0.2) is 42.2 Å². The number of aromatic hydroxyl groups is 1. The van der Waals surface area contributed by atoms with Crippen molar-refractivity contribution in [2.45, 2.75) is 0 Å². The van der Waals surface area contributed by atoms with Crippen molar-refractivity contribution in [3.8, 4) is 17.2 Å². The summed E-state index contributed by atoms with van der Waals surface area (Å²) in [6.07, 6.45) is 0. The first-order chi connectivity index (χ1) is 14.2. The number of rotatable bonds is 4. The predicted molar refractivity (Wildman–Crippen MR) is 114 cm³/mol. The Kier molecular flexibility index (Phi) is 5.52. The topological polar surface area (TPSA) is 65.0 Å². The van der Waals surface area contributed by atoms with Crippen molar-refractivity contribution in [2.75, 3.05) is 36.4 Å². The van der Waals surface area contributed by atoms with Gasteiger partial charge in [0.05, 0.1) is 5.69 Å². The SMILES string of the molecule is O=C(Nc1ccc(Oc2ccccc2)cc1)N1CCN(c2ccccc2O)CC1. The number of ether oxygens (including phenoxy) is 1. The van der Waals surface area contributed by atoms with Crippen LogP contribution in [0.2, 0.25) is 0 Å². The standard InChI is InChI=1S/C23H23N3O3/c27-22-9-5-4-8-21(22)25-14-16-26(17-15-25)23(28)24-18-10-12-20(13-11-18)29-19-6-2-1-3-7-19/h1-13,27H,14-17H2,(H,24,28). The quantitative estimate of drug-likeness (QED) is 0.688. The van der Waals surface area contributed by atoms with E-state index in [1.165, 1.54) is 0 Å². The summed E-state index contributed by atoms with van der Waals surface area (Å²) in [4.78, 5) is 16.4. The number of phenolic OH excluding ortho intramolecular Hbond substituents is 1. The molecular weight excluding hydrogens is 366 g/mol. The lowest BCUT2D eigenvalue weighted by Gasteiger charge is -2.36. The molecule has 1 aliphatic rings. The van der Waals surface area contributed by atoms with Gasteiger partial charge in [0.25, 0.3) is 0 Å². The van der Waals surface area contributed by atoms with E-state index in [1.807, 2.05) is 66.7 Å². The van der Waals surface area contributed by atoms with Gasteiger partial charge in [-0.25, -0.2) is 4.79 Å². The molecule has 6 heteroatoms. The van der Waals surface area contributed by atoms with Gasteiger partial charge in [-0.15, -0.1) is 0 Å². The van der Waals surface area contributed by atoms with Gasteiger partial charge in [0.2, 0.25) is 0 Å². The molecule has 148 valence electrons. The first-order valence-electron chi connectivity index (χ1n) is 9.61. The number of carbonyl (C=O) groups excluding carboxylic acids is 1. The molecule has 0 unspecified atom stereocenters. The molecule has 6 nitrogen and oxygen atoms in total. The summed E-state index contributed by atoms with van der Waals surface area (Å²) in [6, 6.07) is 24.0. The van der Waals surface area contributed by atoms with Crippen molar-refractivity contribution in [1.29, 1.82) is 0 Å². The number of nitrogens with zero attached hydrogens (tertiary/aromatic N) is 2. The van der Waals surface area contributed by atoms with E-state index < -0.39 is 0 Å². The van der Waals surface area contributed by atoms with Crippen LogP contribution in [0, 0.1) is 0 Å². The number of amides is 2. The van der Waals surface area contributed by atoms with E-state index in [9.17, 15) is 9.90 Å². The number of piperazine rings is 1. The highest BCUT2D eigenvalue weighted by Crippen LogP contribution is 2.27. The van der Waals surface area contributed by atoms with Crippen LogP contribution in [0.3, 0.4) is 0 Å². The second-order valence-corrected chi connectivity index (χ2v) is 6.83. The zero-order valence-electron chi connectivity index (χ0n) is 16.0. The third-order valence-corrected chi connectivity index (χ3v) is 4.87. The highest BCUT2D eigenvalue weighted by atomic mass is 16.5. The van der Waals surface area contributed by atoms with Crippen molar-refractivity contribution in [3.05, 3.63) is 78.9 Å². The van der Waals surface area contributed by atoms with Crippen molar-refractivity contribution in [1.82, 2.24) is 4.90 Å². The maximum atomic E-state index is 12.6. The van der Waals surface area contributed by atoms with Gasteiger partial charge in [-0.3, -0.25) is 0 Å². The number of phenols is 1. The van der Waals surface area contributed by atoms with Gasteiger partial charge in [-0.1, -0.05) is 30.3 Å². The van der Waals surface area contributed by atoms with Crippen LogP contribution in [0.4, 0.5) is 16.2 Å². The van der Waals surface area contributed by atoms with Crippen molar-refractivity contribution in [2.24, 2.45) is 0 Å². The minimum Gasteiger partial charge on any atom is -0.506 e. The van der Waals surface area contributed by atoms with Gasteiger partial charge in [0.15, 0.2) is 0 Å². The second-order valence-electron chi connectivity index (χ2n) is 6.83. The Morgan fingerprint density at radius 3 is 2.10 bits per heavy atom. The molecule has 29 heavy (non-hydrogen) atoms. The fraction of sp³-hybridized carbons (Fsp3) is 0.174. The van der Waals surface area contributed by atoms with Gasteiger partial charge < -0.3 is 25.0 Å². The first-order valence-corrected chi connectivity index (χ1v) is 9.61. The molecule has 1 heterocycles. The minimum atomic E-state index is -0.126. The number of para-hydroxylation sites is 3. The van der Waals surface area contributed by atoms with Gasteiger partial charge in [-0.2, -0.15) is 0 Å². The molecule has 2 amide bonds. The lowest BCUT2D eigenvalue weighted by Crippen LogP contribution is -2.50. The zero-order valence-corrected chi connectivity index (χ0v) is 16.0. The molecule has 0 atom stereocenters. The van der Waals surface area contributed by atoms with Gasteiger partial charge >= 0.3 is 6.03 Å². The molecule has 4 rings (SSSR count). The molecule has 0 bridgehead atoms. The van der Waals surface area contributed by atoms with Crippen LogP contribution >= 0.6 is 0 Å². The minimum absolute atomic E-state index is 0.126. The zero-order chi connectivity index (χ0) is 20.1. The monoisotopic (exact) mass is 389 g/mol.